The van der Waals surface area contributed by atoms with E-state index in [1.54, 1.807) is 11.1 Å². The summed E-state index contributed by atoms with van der Waals surface area (Å²) >= 11 is 0. The van der Waals surface area contributed by atoms with E-state index in [9.17, 15) is 0 Å². The van der Waals surface area contributed by atoms with Crippen molar-refractivity contribution in [3.8, 4) is 0 Å². The van der Waals surface area contributed by atoms with Gasteiger partial charge in [-0.3, -0.25) is 0 Å². The lowest BCUT2D eigenvalue weighted by Gasteiger charge is -2.15. The predicted molar refractivity (Wildman–Crippen MR) is 96.0 cm³/mol. The number of fused-ring (bicyclic) bond motifs is 1. The van der Waals surface area contributed by atoms with Crippen LogP contribution in [-0.2, 0) is 12.8 Å². The zero-order chi connectivity index (χ0) is 15.4. The van der Waals surface area contributed by atoms with E-state index in [4.69, 9.17) is 0 Å². The van der Waals surface area contributed by atoms with Gasteiger partial charge in [-0.1, -0.05) is 38.1 Å². The van der Waals surface area contributed by atoms with E-state index >= 15 is 0 Å². The molecule has 0 saturated carbocycles. The molecule has 0 aliphatic heterocycles. The Kier molecular flexibility index (Phi) is 4.67. The number of rotatable bonds is 6. The van der Waals surface area contributed by atoms with Gasteiger partial charge in [0.2, 0.25) is 0 Å². The highest BCUT2D eigenvalue weighted by atomic mass is 14.9. The second kappa shape index (κ2) is 6.87. The average Bonchev–Trinajstić information content (AvgIpc) is 2.94. The molecule has 0 bridgehead atoms. The van der Waals surface area contributed by atoms with Gasteiger partial charge in [0, 0.05) is 24.5 Å². The summed E-state index contributed by atoms with van der Waals surface area (Å²) in [4.78, 5) is 0. The van der Waals surface area contributed by atoms with Crippen LogP contribution in [0, 0.1) is 0 Å². The van der Waals surface area contributed by atoms with Crippen molar-refractivity contribution in [1.29, 1.82) is 0 Å². The van der Waals surface area contributed by atoms with Gasteiger partial charge in [-0.15, -0.1) is 0 Å². The van der Waals surface area contributed by atoms with Crippen LogP contribution in [-0.4, -0.2) is 13.1 Å². The summed E-state index contributed by atoms with van der Waals surface area (Å²) in [7, 11) is 0. The Morgan fingerprint density at radius 1 is 1.05 bits per heavy atom. The molecule has 3 rings (SSSR count). The van der Waals surface area contributed by atoms with Crippen molar-refractivity contribution in [2.24, 2.45) is 0 Å². The van der Waals surface area contributed by atoms with Crippen LogP contribution in [0.4, 0.5) is 11.4 Å². The first-order chi connectivity index (χ1) is 10.8. The van der Waals surface area contributed by atoms with Gasteiger partial charge < -0.3 is 10.6 Å². The number of benzene rings is 2. The number of aryl methyl sites for hydroxylation is 1. The Balaban J connectivity index is 1.63. The number of hydrogen-bond donors (Lipinski definition) is 2. The first-order valence-electron chi connectivity index (χ1n) is 8.46. The standard InChI is InChI=1S/C20H26N2/c1-3-16-13-19-15(2)9-10-18(19)20(14-16)22-12-11-21-17-7-5-4-6-8-17/h4-8,13-15,21-22H,3,9-12H2,1-2H3. The van der Waals surface area contributed by atoms with Gasteiger partial charge in [0.1, 0.15) is 0 Å². The van der Waals surface area contributed by atoms with E-state index in [1.807, 2.05) is 6.07 Å². The van der Waals surface area contributed by atoms with Gasteiger partial charge in [0.15, 0.2) is 0 Å². The van der Waals surface area contributed by atoms with E-state index in [-0.39, 0.29) is 0 Å². The first kappa shape index (κ1) is 15.0. The highest BCUT2D eigenvalue weighted by Crippen LogP contribution is 2.38. The summed E-state index contributed by atoms with van der Waals surface area (Å²) < 4.78 is 0. The van der Waals surface area contributed by atoms with Gasteiger partial charge in [0.25, 0.3) is 0 Å². The van der Waals surface area contributed by atoms with E-state index < -0.39 is 0 Å². The lowest BCUT2D eigenvalue weighted by atomic mass is 9.98. The van der Waals surface area contributed by atoms with Crippen LogP contribution >= 0.6 is 0 Å². The van der Waals surface area contributed by atoms with Crippen molar-refractivity contribution < 1.29 is 0 Å². The Labute approximate surface area is 134 Å². The third kappa shape index (κ3) is 3.27. The van der Waals surface area contributed by atoms with E-state index in [0.29, 0.717) is 5.92 Å². The maximum absolute atomic E-state index is 3.65. The lowest BCUT2D eigenvalue weighted by molar-refractivity contribution is 0.746. The van der Waals surface area contributed by atoms with Crippen molar-refractivity contribution in [3.05, 3.63) is 59.2 Å². The van der Waals surface area contributed by atoms with Crippen LogP contribution in [0.25, 0.3) is 0 Å². The highest BCUT2D eigenvalue weighted by Gasteiger charge is 2.21. The summed E-state index contributed by atoms with van der Waals surface area (Å²) in [5.41, 5.74) is 7.10. The molecular weight excluding hydrogens is 268 g/mol. The van der Waals surface area contributed by atoms with E-state index in [2.05, 4.69) is 60.9 Å². The fourth-order valence-electron chi connectivity index (χ4n) is 3.31. The molecule has 2 nitrogen and oxygen atoms in total. The maximum atomic E-state index is 3.65. The third-order valence-electron chi connectivity index (χ3n) is 4.65. The summed E-state index contributed by atoms with van der Waals surface area (Å²) in [5, 5.41) is 7.11. The van der Waals surface area contributed by atoms with Gasteiger partial charge in [-0.05, 0) is 60.1 Å². The molecule has 116 valence electrons. The molecule has 2 N–H and O–H groups in total. The smallest absolute Gasteiger partial charge is 0.0378 e. The van der Waals surface area contributed by atoms with Gasteiger partial charge in [-0.2, -0.15) is 0 Å². The van der Waals surface area contributed by atoms with Crippen molar-refractivity contribution in [2.45, 2.75) is 39.0 Å². The van der Waals surface area contributed by atoms with Crippen LogP contribution < -0.4 is 10.6 Å². The van der Waals surface area contributed by atoms with Crippen LogP contribution in [0.3, 0.4) is 0 Å². The third-order valence-corrected chi connectivity index (χ3v) is 4.65. The first-order valence-corrected chi connectivity index (χ1v) is 8.46. The topological polar surface area (TPSA) is 24.1 Å². The highest BCUT2D eigenvalue weighted by molar-refractivity contribution is 5.60. The van der Waals surface area contributed by atoms with Crippen molar-refractivity contribution in [3.63, 3.8) is 0 Å². The molecule has 2 heteroatoms. The zero-order valence-electron chi connectivity index (χ0n) is 13.7. The van der Waals surface area contributed by atoms with Crippen LogP contribution in [0.2, 0.25) is 0 Å². The zero-order valence-corrected chi connectivity index (χ0v) is 13.7. The van der Waals surface area contributed by atoms with Crippen molar-refractivity contribution >= 4 is 11.4 Å². The largest absolute Gasteiger partial charge is 0.383 e. The van der Waals surface area contributed by atoms with E-state index in [0.717, 1.165) is 19.5 Å². The summed E-state index contributed by atoms with van der Waals surface area (Å²) in [6, 6.07) is 15.2. The Morgan fingerprint density at radius 2 is 1.82 bits per heavy atom. The SMILES string of the molecule is CCc1cc(NCCNc2ccccc2)c2c(c1)C(C)CC2. The normalized spacial score (nSPS) is 16.4. The van der Waals surface area contributed by atoms with Gasteiger partial charge >= 0.3 is 0 Å². The number of anilines is 2. The predicted octanol–water partition coefficient (Wildman–Crippen LogP) is 4.82. The molecule has 22 heavy (non-hydrogen) atoms. The molecule has 0 saturated heterocycles. The Hall–Kier alpha value is -1.96. The number of hydrogen-bond acceptors (Lipinski definition) is 2. The lowest BCUT2D eigenvalue weighted by Crippen LogP contribution is -2.14. The monoisotopic (exact) mass is 294 g/mol. The molecule has 0 spiro atoms. The van der Waals surface area contributed by atoms with Gasteiger partial charge in [0.05, 0.1) is 0 Å². The van der Waals surface area contributed by atoms with Crippen LogP contribution in [0.5, 0.6) is 0 Å². The molecule has 1 aliphatic carbocycles. The van der Waals surface area contributed by atoms with E-state index in [1.165, 1.54) is 29.8 Å². The second-order valence-electron chi connectivity index (χ2n) is 6.22. The van der Waals surface area contributed by atoms with Crippen molar-refractivity contribution in [2.75, 3.05) is 23.7 Å². The summed E-state index contributed by atoms with van der Waals surface area (Å²) in [6.07, 6.45) is 3.62. The minimum absolute atomic E-state index is 0.712. The molecule has 2 aromatic rings. The number of nitrogens with one attached hydrogen (secondary N) is 2. The van der Waals surface area contributed by atoms with Crippen molar-refractivity contribution in [1.82, 2.24) is 0 Å². The second-order valence-corrected chi connectivity index (χ2v) is 6.22. The molecule has 2 aromatic carbocycles. The molecule has 0 amide bonds. The fourth-order valence-corrected chi connectivity index (χ4v) is 3.31. The fraction of sp³-hybridized carbons (Fsp3) is 0.400. The summed E-state index contributed by atoms with van der Waals surface area (Å²) in [6.45, 7) is 6.47. The average molecular weight is 294 g/mol. The van der Waals surface area contributed by atoms with Crippen LogP contribution in [0.1, 0.15) is 42.9 Å². The molecule has 1 aliphatic rings. The summed E-state index contributed by atoms with van der Waals surface area (Å²) in [5.74, 6) is 0.712. The molecule has 0 radical (unpaired) electrons. The minimum atomic E-state index is 0.712. The molecule has 0 fully saturated rings. The minimum Gasteiger partial charge on any atom is -0.383 e. The molecule has 1 unspecified atom stereocenters. The Morgan fingerprint density at radius 3 is 2.59 bits per heavy atom. The quantitative estimate of drug-likeness (QED) is 0.746. The number of para-hydroxylation sites is 1. The van der Waals surface area contributed by atoms with Gasteiger partial charge in [-0.25, -0.2) is 0 Å². The maximum Gasteiger partial charge on any atom is 0.0378 e. The molecule has 1 atom stereocenters. The Bertz CT molecular complexity index is 619. The molecule has 0 aromatic heterocycles. The van der Waals surface area contributed by atoms with Crippen LogP contribution in [0.15, 0.2) is 42.5 Å². The molecular formula is C20H26N2. The molecule has 0 heterocycles.